The number of hydrogen-bond acceptors (Lipinski definition) is 1. The van der Waals surface area contributed by atoms with Crippen LogP contribution in [0.3, 0.4) is 0 Å². The van der Waals surface area contributed by atoms with Gasteiger partial charge in [0, 0.05) is 17.1 Å². The van der Waals surface area contributed by atoms with E-state index in [0.29, 0.717) is 5.92 Å². The molecule has 0 heterocycles. The van der Waals surface area contributed by atoms with E-state index in [1.807, 2.05) is 0 Å². The fraction of sp³-hybridized carbons (Fsp3) is 0.0959. The van der Waals surface area contributed by atoms with Crippen molar-refractivity contribution in [3.8, 4) is 66.8 Å². The summed E-state index contributed by atoms with van der Waals surface area (Å²) in [7, 11) is 0. The topological polar surface area (TPSA) is 3.24 Å². The van der Waals surface area contributed by atoms with Crippen LogP contribution >= 0.6 is 0 Å². The van der Waals surface area contributed by atoms with Crippen molar-refractivity contribution in [2.45, 2.75) is 43.4 Å². The van der Waals surface area contributed by atoms with Crippen molar-refractivity contribution < 1.29 is 0 Å². The van der Waals surface area contributed by atoms with Crippen molar-refractivity contribution in [2.24, 2.45) is 0 Å². The SMILES string of the molecule is c1ccc(-c2ccc(-c3ccccc3-c3ccc(N(c4ccc(-c5ccc(C6CCCCC6)cc5)cc4)c4ccc5c(c4)C(c4ccccc4)(c4ccccc4)c4cccc(-c6ccccc6)c4-5)cc3)cc2)cc1. The standard InChI is InChI=1S/C73H57N/c1-6-19-52(20-7-1)54-33-35-56(36-34-54)57-41-45-63(46-42-57)74(64-47-43-60(44-48-64)67-30-17-16-29-66(67)59-39-37-55(38-40-59)53-21-8-2-9-22-53)65-49-50-69-71(51-65)73(61-25-12-4-13-26-61,62-27-14-5-15-28-62)70-32-18-31-68(72(69)70)58-23-10-3-11-24-58/h2-5,8-18,21-52H,1,6-7,19-20H2. The van der Waals surface area contributed by atoms with Crippen LogP contribution in [0, 0.1) is 0 Å². The summed E-state index contributed by atoms with van der Waals surface area (Å²) in [5, 5.41) is 0. The molecule has 0 spiro atoms. The quantitative estimate of drug-likeness (QED) is 0.125. The second-order valence-electron chi connectivity index (χ2n) is 20.2. The van der Waals surface area contributed by atoms with Crippen LogP contribution in [0.5, 0.6) is 0 Å². The summed E-state index contributed by atoms with van der Waals surface area (Å²) in [5.74, 6) is 0.688. The summed E-state index contributed by atoms with van der Waals surface area (Å²) in [6.07, 6.45) is 6.67. The second kappa shape index (κ2) is 19.7. The monoisotopic (exact) mass is 947 g/mol. The first-order chi connectivity index (χ1) is 36.7. The Bertz CT molecular complexity index is 3650. The number of hydrogen-bond donors (Lipinski definition) is 0. The molecule has 13 rings (SSSR count). The molecule has 0 unspecified atom stereocenters. The van der Waals surface area contributed by atoms with Gasteiger partial charge in [-0.25, -0.2) is 0 Å². The van der Waals surface area contributed by atoms with Gasteiger partial charge in [0.2, 0.25) is 0 Å². The minimum Gasteiger partial charge on any atom is -0.310 e. The number of rotatable bonds is 11. The minimum atomic E-state index is -0.583. The highest BCUT2D eigenvalue weighted by atomic mass is 15.1. The van der Waals surface area contributed by atoms with Crippen LogP contribution in [0.4, 0.5) is 17.1 Å². The molecule has 74 heavy (non-hydrogen) atoms. The fourth-order valence-electron chi connectivity index (χ4n) is 12.4. The molecule has 1 heteroatoms. The zero-order valence-electron chi connectivity index (χ0n) is 41.6. The highest BCUT2D eigenvalue weighted by Crippen LogP contribution is 2.59. The Hall–Kier alpha value is -8.78. The van der Waals surface area contributed by atoms with Crippen molar-refractivity contribution in [3.63, 3.8) is 0 Å². The third-order valence-electron chi connectivity index (χ3n) is 16.0. The maximum absolute atomic E-state index is 2.49. The molecule has 1 saturated carbocycles. The number of fused-ring (bicyclic) bond motifs is 3. The molecule has 11 aromatic rings. The molecular formula is C73H57N. The van der Waals surface area contributed by atoms with E-state index >= 15 is 0 Å². The largest absolute Gasteiger partial charge is 0.310 e. The molecule has 0 amide bonds. The average Bonchev–Trinajstić information content (AvgIpc) is 3.91. The Balaban J connectivity index is 0.953. The van der Waals surface area contributed by atoms with E-state index in [4.69, 9.17) is 0 Å². The molecular weight excluding hydrogens is 891 g/mol. The van der Waals surface area contributed by atoms with Crippen LogP contribution < -0.4 is 4.90 Å². The van der Waals surface area contributed by atoms with Gasteiger partial charge in [-0.2, -0.15) is 0 Å². The van der Waals surface area contributed by atoms with Gasteiger partial charge >= 0.3 is 0 Å². The number of anilines is 3. The number of nitrogens with zero attached hydrogens (tertiary/aromatic N) is 1. The van der Waals surface area contributed by atoms with E-state index in [-0.39, 0.29) is 0 Å². The van der Waals surface area contributed by atoms with E-state index in [2.05, 4.69) is 284 Å². The molecule has 0 aliphatic heterocycles. The molecule has 0 atom stereocenters. The zero-order valence-corrected chi connectivity index (χ0v) is 41.6. The van der Waals surface area contributed by atoms with E-state index in [9.17, 15) is 0 Å². The summed E-state index contributed by atoms with van der Waals surface area (Å²) in [6, 6.07) is 104. The van der Waals surface area contributed by atoms with Crippen LogP contribution in [0.25, 0.3) is 66.8 Å². The third kappa shape index (κ3) is 8.16. The van der Waals surface area contributed by atoms with E-state index in [1.165, 1.54) is 127 Å². The van der Waals surface area contributed by atoms with Gasteiger partial charge in [0.05, 0.1) is 5.41 Å². The Kier molecular flexibility index (Phi) is 12.0. The lowest BCUT2D eigenvalue weighted by Crippen LogP contribution is -2.28. The number of benzene rings is 11. The molecule has 11 aromatic carbocycles. The predicted molar refractivity (Wildman–Crippen MR) is 311 cm³/mol. The molecule has 1 nitrogen and oxygen atoms in total. The lowest BCUT2D eigenvalue weighted by molar-refractivity contribution is 0.443. The first-order valence-electron chi connectivity index (χ1n) is 26.5. The Morgan fingerprint density at radius 1 is 0.284 bits per heavy atom. The molecule has 1 fully saturated rings. The van der Waals surface area contributed by atoms with E-state index in [0.717, 1.165) is 17.1 Å². The summed E-state index contributed by atoms with van der Waals surface area (Å²) < 4.78 is 0. The van der Waals surface area contributed by atoms with Crippen molar-refractivity contribution in [1.82, 2.24) is 0 Å². The van der Waals surface area contributed by atoms with Gasteiger partial charge in [0.1, 0.15) is 0 Å². The van der Waals surface area contributed by atoms with Gasteiger partial charge in [-0.15, -0.1) is 0 Å². The van der Waals surface area contributed by atoms with Crippen LogP contribution in [0.2, 0.25) is 0 Å². The van der Waals surface area contributed by atoms with Crippen LogP contribution in [0.1, 0.15) is 65.8 Å². The van der Waals surface area contributed by atoms with Gasteiger partial charge in [-0.1, -0.05) is 262 Å². The molecule has 2 aliphatic carbocycles. The molecule has 354 valence electrons. The predicted octanol–water partition coefficient (Wildman–Crippen LogP) is 19.9. The lowest BCUT2D eigenvalue weighted by Gasteiger charge is -2.35. The molecule has 0 aromatic heterocycles. The smallest absolute Gasteiger partial charge is 0.0714 e. The Morgan fingerprint density at radius 2 is 0.689 bits per heavy atom. The first kappa shape index (κ1) is 45.1. The van der Waals surface area contributed by atoms with Crippen molar-refractivity contribution >= 4 is 17.1 Å². The summed E-state index contributed by atoms with van der Waals surface area (Å²) in [6.45, 7) is 0. The van der Waals surface area contributed by atoms with Gasteiger partial charge in [0.15, 0.2) is 0 Å². The van der Waals surface area contributed by atoms with E-state index < -0.39 is 5.41 Å². The molecule has 0 N–H and O–H groups in total. The van der Waals surface area contributed by atoms with Crippen molar-refractivity contribution in [1.29, 1.82) is 0 Å². The highest BCUT2D eigenvalue weighted by Gasteiger charge is 2.47. The summed E-state index contributed by atoms with van der Waals surface area (Å²) in [4.78, 5) is 2.45. The van der Waals surface area contributed by atoms with Crippen LogP contribution in [0.15, 0.2) is 279 Å². The molecule has 2 aliphatic rings. The van der Waals surface area contributed by atoms with Crippen LogP contribution in [-0.2, 0) is 5.41 Å². The summed E-state index contributed by atoms with van der Waals surface area (Å²) in [5.41, 5.74) is 24.0. The van der Waals surface area contributed by atoms with Crippen molar-refractivity contribution in [3.05, 3.63) is 307 Å². The minimum absolute atomic E-state index is 0.583. The van der Waals surface area contributed by atoms with Gasteiger partial charge in [-0.3, -0.25) is 0 Å². The third-order valence-corrected chi connectivity index (χ3v) is 16.0. The lowest BCUT2D eigenvalue weighted by atomic mass is 9.67. The normalized spacial score (nSPS) is 13.7. The average molecular weight is 948 g/mol. The van der Waals surface area contributed by atoms with Gasteiger partial charge in [0.25, 0.3) is 0 Å². The Morgan fingerprint density at radius 3 is 1.24 bits per heavy atom. The summed E-state index contributed by atoms with van der Waals surface area (Å²) >= 11 is 0. The zero-order chi connectivity index (χ0) is 49.3. The first-order valence-corrected chi connectivity index (χ1v) is 26.5. The maximum atomic E-state index is 2.49. The molecule has 0 bridgehead atoms. The fourth-order valence-corrected chi connectivity index (χ4v) is 12.4. The van der Waals surface area contributed by atoms with E-state index in [1.54, 1.807) is 0 Å². The van der Waals surface area contributed by atoms with Gasteiger partial charge < -0.3 is 4.90 Å². The highest BCUT2D eigenvalue weighted by molar-refractivity contribution is 5.97. The van der Waals surface area contributed by atoms with Crippen molar-refractivity contribution in [2.75, 3.05) is 4.90 Å². The molecule has 0 saturated heterocycles. The second-order valence-corrected chi connectivity index (χ2v) is 20.2. The maximum Gasteiger partial charge on any atom is 0.0714 e. The van der Waals surface area contributed by atoms with Crippen LogP contribution in [-0.4, -0.2) is 0 Å². The van der Waals surface area contributed by atoms with Gasteiger partial charge in [-0.05, 0) is 150 Å². The molecule has 0 radical (unpaired) electrons. The Labute approximate surface area is 436 Å².